The first-order chi connectivity index (χ1) is 7.40. The minimum absolute atomic E-state index is 0.352. The van der Waals surface area contributed by atoms with Crippen LogP contribution in [0.3, 0.4) is 0 Å². The van der Waals surface area contributed by atoms with Gasteiger partial charge in [-0.05, 0) is 20.8 Å². The number of halogens is 1. The third kappa shape index (κ3) is 4.67. The summed E-state index contributed by atoms with van der Waals surface area (Å²) < 4.78 is 5.03. The zero-order valence-electron chi connectivity index (χ0n) is 9.33. The van der Waals surface area contributed by atoms with Crippen LogP contribution in [-0.4, -0.2) is 16.7 Å². The van der Waals surface area contributed by atoms with Crippen molar-refractivity contribution in [2.75, 3.05) is 5.43 Å². The van der Waals surface area contributed by atoms with E-state index in [1.165, 1.54) is 11.3 Å². The second-order valence-corrected chi connectivity index (χ2v) is 5.15. The van der Waals surface area contributed by atoms with Crippen LogP contribution in [0.25, 0.3) is 0 Å². The highest BCUT2D eigenvalue weighted by atomic mass is 35.5. The van der Waals surface area contributed by atoms with Crippen LogP contribution in [0, 0.1) is 0 Å². The number of nitrogens with one attached hydrogen (secondary N) is 2. The Morgan fingerprint density at radius 3 is 2.81 bits per heavy atom. The van der Waals surface area contributed by atoms with Crippen molar-refractivity contribution in [3.05, 3.63) is 11.1 Å². The SMILES string of the molecule is CC(C)(C)OC(=O)NNc1nc(CCl)cs1. The number of carbonyl (C=O) groups is 1. The van der Waals surface area contributed by atoms with Crippen LogP contribution < -0.4 is 10.9 Å². The molecule has 90 valence electrons. The minimum atomic E-state index is -0.546. The molecule has 2 N–H and O–H groups in total. The molecule has 0 aliphatic carbocycles. The van der Waals surface area contributed by atoms with E-state index in [4.69, 9.17) is 16.3 Å². The molecule has 1 rings (SSSR count). The molecule has 5 nitrogen and oxygen atoms in total. The normalized spacial score (nSPS) is 11.0. The molecule has 16 heavy (non-hydrogen) atoms. The largest absolute Gasteiger partial charge is 0.443 e. The number of hydrazine groups is 1. The van der Waals surface area contributed by atoms with Crippen LogP contribution >= 0.6 is 22.9 Å². The quantitative estimate of drug-likeness (QED) is 0.650. The maximum absolute atomic E-state index is 11.3. The van der Waals surface area contributed by atoms with Crippen molar-refractivity contribution >= 4 is 34.2 Å². The van der Waals surface area contributed by atoms with Gasteiger partial charge >= 0.3 is 6.09 Å². The first-order valence-corrected chi connectivity index (χ1v) is 6.07. The Morgan fingerprint density at radius 1 is 1.62 bits per heavy atom. The lowest BCUT2D eigenvalue weighted by atomic mass is 10.2. The lowest BCUT2D eigenvalue weighted by Crippen LogP contribution is -2.35. The van der Waals surface area contributed by atoms with E-state index in [0.717, 1.165) is 5.69 Å². The van der Waals surface area contributed by atoms with E-state index in [1.807, 2.05) is 5.38 Å². The Labute approximate surface area is 103 Å². The molecular formula is C9H14ClN3O2S. The molecule has 0 saturated heterocycles. The first kappa shape index (κ1) is 13.1. The third-order valence-electron chi connectivity index (χ3n) is 1.36. The molecule has 0 atom stereocenters. The van der Waals surface area contributed by atoms with Crippen molar-refractivity contribution in [2.45, 2.75) is 32.3 Å². The molecule has 0 aromatic carbocycles. The van der Waals surface area contributed by atoms with Crippen molar-refractivity contribution in [1.82, 2.24) is 10.4 Å². The monoisotopic (exact) mass is 263 g/mol. The van der Waals surface area contributed by atoms with Crippen molar-refractivity contribution in [2.24, 2.45) is 0 Å². The van der Waals surface area contributed by atoms with E-state index in [0.29, 0.717) is 11.0 Å². The highest BCUT2D eigenvalue weighted by molar-refractivity contribution is 7.13. The van der Waals surface area contributed by atoms with Gasteiger partial charge in [0.15, 0.2) is 0 Å². The average molecular weight is 264 g/mol. The summed E-state index contributed by atoms with van der Waals surface area (Å²) in [7, 11) is 0. The number of amides is 1. The zero-order chi connectivity index (χ0) is 12.2. The number of ether oxygens (including phenoxy) is 1. The number of thiazole rings is 1. The smallest absolute Gasteiger partial charge is 0.426 e. The van der Waals surface area contributed by atoms with E-state index in [1.54, 1.807) is 20.8 Å². The fourth-order valence-electron chi connectivity index (χ4n) is 0.834. The molecule has 0 aliphatic rings. The Morgan fingerprint density at radius 2 is 2.31 bits per heavy atom. The van der Waals surface area contributed by atoms with Crippen LogP contribution in [-0.2, 0) is 10.6 Å². The van der Waals surface area contributed by atoms with Crippen LogP contribution in [0.2, 0.25) is 0 Å². The summed E-state index contributed by atoms with van der Waals surface area (Å²) in [6.45, 7) is 5.38. The van der Waals surface area contributed by atoms with Crippen molar-refractivity contribution in [3.63, 3.8) is 0 Å². The molecule has 0 fully saturated rings. The first-order valence-electron chi connectivity index (χ1n) is 4.66. The van der Waals surface area contributed by atoms with Crippen LogP contribution in [0.4, 0.5) is 9.93 Å². The summed E-state index contributed by atoms with van der Waals surface area (Å²) >= 11 is 6.95. The van der Waals surface area contributed by atoms with Crippen molar-refractivity contribution < 1.29 is 9.53 Å². The van der Waals surface area contributed by atoms with Gasteiger partial charge in [0, 0.05) is 5.38 Å². The molecule has 0 radical (unpaired) electrons. The molecule has 1 aromatic heterocycles. The van der Waals surface area contributed by atoms with E-state index >= 15 is 0 Å². The Kier molecular flexibility index (Phi) is 4.37. The zero-order valence-corrected chi connectivity index (χ0v) is 10.9. The number of carbonyl (C=O) groups excluding carboxylic acids is 1. The molecule has 0 saturated carbocycles. The summed E-state index contributed by atoms with van der Waals surface area (Å²) in [5.41, 5.74) is 5.28. The minimum Gasteiger partial charge on any atom is -0.443 e. The lowest BCUT2D eigenvalue weighted by Gasteiger charge is -2.19. The summed E-state index contributed by atoms with van der Waals surface area (Å²) in [6, 6.07) is 0. The van der Waals surface area contributed by atoms with Gasteiger partial charge in [0.1, 0.15) is 5.60 Å². The van der Waals surface area contributed by atoms with E-state index in [2.05, 4.69) is 15.8 Å². The van der Waals surface area contributed by atoms with Crippen molar-refractivity contribution in [1.29, 1.82) is 0 Å². The van der Waals surface area contributed by atoms with Gasteiger partial charge in [-0.1, -0.05) is 0 Å². The lowest BCUT2D eigenvalue weighted by molar-refractivity contribution is 0.0541. The molecule has 0 bridgehead atoms. The number of alkyl halides is 1. The Balaban J connectivity index is 2.37. The molecule has 0 unspecified atom stereocenters. The van der Waals surface area contributed by atoms with E-state index in [-0.39, 0.29) is 0 Å². The molecule has 1 aromatic rings. The average Bonchev–Trinajstić information content (AvgIpc) is 2.59. The van der Waals surface area contributed by atoms with Gasteiger partial charge < -0.3 is 4.74 Å². The van der Waals surface area contributed by atoms with Gasteiger partial charge in [0.25, 0.3) is 0 Å². The fourth-order valence-corrected chi connectivity index (χ4v) is 1.73. The summed E-state index contributed by atoms with van der Waals surface area (Å²) in [5, 5.41) is 2.38. The van der Waals surface area contributed by atoms with Gasteiger partial charge in [0.2, 0.25) is 5.13 Å². The fraction of sp³-hybridized carbons (Fsp3) is 0.556. The summed E-state index contributed by atoms with van der Waals surface area (Å²) in [5.74, 6) is 0.352. The molecule has 1 amide bonds. The Bertz CT molecular complexity index is 362. The predicted molar refractivity (Wildman–Crippen MR) is 64.7 cm³/mol. The van der Waals surface area contributed by atoms with Gasteiger partial charge in [-0.2, -0.15) is 0 Å². The molecule has 0 spiro atoms. The van der Waals surface area contributed by atoms with Crippen LogP contribution in [0.15, 0.2) is 5.38 Å². The van der Waals surface area contributed by atoms with Crippen LogP contribution in [0.5, 0.6) is 0 Å². The van der Waals surface area contributed by atoms with Gasteiger partial charge in [-0.25, -0.2) is 15.2 Å². The second-order valence-electron chi connectivity index (χ2n) is 4.03. The molecule has 0 aliphatic heterocycles. The number of anilines is 1. The summed E-state index contributed by atoms with van der Waals surface area (Å²) in [6.07, 6.45) is -0.546. The van der Waals surface area contributed by atoms with Gasteiger partial charge in [0.05, 0.1) is 11.6 Å². The highest BCUT2D eigenvalue weighted by Gasteiger charge is 2.15. The second kappa shape index (κ2) is 5.36. The standard InChI is InChI=1S/C9H14ClN3O2S/c1-9(2,3)15-8(14)13-12-7-11-6(4-10)5-16-7/h5H,4H2,1-3H3,(H,11,12)(H,13,14). The highest BCUT2D eigenvalue weighted by Crippen LogP contribution is 2.15. The number of aromatic nitrogens is 1. The topological polar surface area (TPSA) is 63.2 Å². The van der Waals surface area contributed by atoms with E-state index < -0.39 is 11.7 Å². The number of nitrogens with zero attached hydrogens (tertiary/aromatic N) is 1. The summed E-state index contributed by atoms with van der Waals surface area (Å²) in [4.78, 5) is 15.4. The number of rotatable bonds is 3. The van der Waals surface area contributed by atoms with Crippen LogP contribution in [0.1, 0.15) is 26.5 Å². The maximum atomic E-state index is 11.3. The maximum Gasteiger partial charge on any atom is 0.426 e. The van der Waals surface area contributed by atoms with E-state index in [9.17, 15) is 4.79 Å². The molecule has 1 heterocycles. The molecular weight excluding hydrogens is 250 g/mol. The van der Waals surface area contributed by atoms with Crippen molar-refractivity contribution in [3.8, 4) is 0 Å². The number of hydrogen-bond donors (Lipinski definition) is 2. The Hall–Kier alpha value is -1.01. The van der Waals surface area contributed by atoms with Gasteiger partial charge in [-0.15, -0.1) is 22.9 Å². The predicted octanol–water partition coefficient (Wildman–Crippen LogP) is 2.73. The third-order valence-corrected chi connectivity index (χ3v) is 2.44. The van der Waals surface area contributed by atoms with Gasteiger partial charge in [-0.3, -0.25) is 5.43 Å². The number of hydrogen-bond acceptors (Lipinski definition) is 5. The molecule has 7 heteroatoms.